The minimum Gasteiger partial charge on any atom is -0.463 e. The van der Waals surface area contributed by atoms with E-state index in [1.807, 2.05) is 13.8 Å². The molecule has 7 nitrogen and oxygen atoms in total. The van der Waals surface area contributed by atoms with Gasteiger partial charge in [0, 0.05) is 25.1 Å². The van der Waals surface area contributed by atoms with Crippen molar-refractivity contribution in [1.82, 2.24) is 4.90 Å². The quantitative estimate of drug-likeness (QED) is 0.369. The second kappa shape index (κ2) is 11.2. The van der Waals surface area contributed by atoms with Crippen molar-refractivity contribution in [3.05, 3.63) is 12.2 Å². The lowest BCUT2D eigenvalue weighted by Gasteiger charge is -2.28. The summed E-state index contributed by atoms with van der Waals surface area (Å²) in [4.78, 5) is 25.1. The molecule has 0 rings (SSSR count). The first-order chi connectivity index (χ1) is 10.8. The van der Waals surface area contributed by atoms with Gasteiger partial charge in [-0.3, -0.25) is 4.79 Å². The van der Waals surface area contributed by atoms with Gasteiger partial charge in [0.25, 0.3) is 5.91 Å². The number of esters is 1. The third kappa shape index (κ3) is 7.11. The molecule has 0 aromatic rings. The Morgan fingerprint density at radius 2 is 1.61 bits per heavy atom. The number of hydrogen-bond donors (Lipinski definition) is 3. The number of ether oxygens (including phenoxy) is 1. The van der Waals surface area contributed by atoms with Crippen LogP contribution < -0.4 is 0 Å². The van der Waals surface area contributed by atoms with Crippen molar-refractivity contribution in [3.63, 3.8) is 0 Å². The van der Waals surface area contributed by atoms with E-state index in [4.69, 9.17) is 4.74 Å². The molecule has 0 aromatic heterocycles. The highest BCUT2D eigenvalue weighted by molar-refractivity contribution is 5.87. The number of aliphatic hydroxyl groups excluding tert-OH is 3. The molecule has 3 atom stereocenters. The number of nitrogens with zero attached hydrogens (tertiary/aromatic N) is 1. The second-order valence-electron chi connectivity index (χ2n) is 5.36. The van der Waals surface area contributed by atoms with Crippen LogP contribution in [0.25, 0.3) is 0 Å². The van der Waals surface area contributed by atoms with Gasteiger partial charge in [-0.25, -0.2) is 4.79 Å². The molecule has 0 spiro atoms. The highest BCUT2D eigenvalue weighted by atomic mass is 16.5. The molecule has 0 saturated carbocycles. The molecule has 1 amide bonds. The van der Waals surface area contributed by atoms with Crippen molar-refractivity contribution in [2.24, 2.45) is 0 Å². The van der Waals surface area contributed by atoms with Crippen LogP contribution in [-0.2, 0) is 14.3 Å². The third-order valence-electron chi connectivity index (χ3n) is 3.29. The van der Waals surface area contributed by atoms with Crippen LogP contribution in [0.2, 0.25) is 0 Å². The zero-order valence-electron chi connectivity index (χ0n) is 14.2. The minimum atomic E-state index is -1.75. The minimum absolute atomic E-state index is 0.0305. The van der Waals surface area contributed by atoms with Crippen molar-refractivity contribution in [2.75, 3.05) is 19.7 Å². The molecule has 23 heavy (non-hydrogen) atoms. The molecule has 0 heterocycles. The maximum absolute atomic E-state index is 12.2. The predicted molar refractivity (Wildman–Crippen MR) is 85.6 cm³/mol. The van der Waals surface area contributed by atoms with E-state index in [-0.39, 0.29) is 18.6 Å². The Labute approximate surface area is 137 Å². The van der Waals surface area contributed by atoms with Crippen molar-refractivity contribution in [3.8, 4) is 0 Å². The third-order valence-corrected chi connectivity index (χ3v) is 3.29. The van der Waals surface area contributed by atoms with Gasteiger partial charge in [-0.1, -0.05) is 20.4 Å². The van der Waals surface area contributed by atoms with Crippen molar-refractivity contribution in [2.45, 2.75) is 58.3 Å². The lowest BCUT2D eigenvalue weighted by Crippen LogP contribution is -2.49. The summed E-state index contributed by atoms with van der Waals surface area (Å²) >= 11 is 0. The molecular formula is C16H29NO6. The summed E-state index contributed by atoms with van der Waals surface area (Å²) in [7, 11) is 0. The first-order valence-electron chi connectivity index (χ1n) is 7.97. The molecule has 0 bridgehead atoms. The fraction of sp³-hybridized carbons (Fsp3) is 0.750. The van der Waals surface area contributed by atoms with E-state index in [1.54, 1.807) is 6.92 Å². The smallest absolute Gasteiger partial charge is 0.333 e. The first kappa shape index (κ1) is 21.6. The molecule has 3 N–H and O–H groups in total. The number of amides is 1. The van der Waals surface area contributed by atoms with Crippen LogP contribution in [0.1, 0.15) is 40.0 Å². The second-order valence-corrected chi connectivity index (χ2v) is 5.36. The van der Waals surface area contributed by atoms with Crippen LogP contribution in [0.5, 0.6) is 0 Å². The van der Waals surface area contributed by atoms with E-state index in [1.165, 1.54) is 4.90 Å². The molecule has 0 aromatic carbocycles. The van der Waals surface area contributed by atoms with Gasteiger partial charge in [-0.2, -0.15) is 0 Å². The van der Waals surface area contributed by atoms with Crippen LogP contribution in [0.4, 0.5) is 0 Å². The van der Waals surface area contributed by atoms with E-state index < -0.39 is 30.2 Å². The largest absolute Gasteiger partial charge is 0.463 e. The zero-order chi connectivity index (χ0) is 18.0. The van der Waals surface area contributed by atoms with E-state index in [2.05, 4.69) is 6.58 Å². The Kier molecular flexibility index (Phi) is 10.5. The summed E-state index contributed by atoms with van der Waals surface area (Å²) in [5, 5.41) is 29.9. The fourth-order valence-electron chi connectivity index (χ4n) is 2.11. The standard InChI is InChI=1S/C16H29NO6/c1-5-8-17(9-6-2)15(21)14(20)13(19)12(18)10-11(4)16(22)23-7-3/h12-14,18-20H,4-10H2,1-3H3/t12-,13+,14+/m0/s1. The molecule has 0 aliphatic heterocycles. The van der Waals surface area contributed by atoms with Gasteiger partial charge >= 0.3 is 5.97 Å². The summed E-state index contributed by atoms with van der Waals surface area (Å²) in [6.45, 7) is 9.99. The molecule has 134 valence electrons. The predicted octanol–water partition coefficient (Wildman–Crippen LogP) is 0.227. The van der Waals surface area contributed by atoms with Crippen molar-refractivity contribution < 1.29 is 29.6 Å². The molecule has 0 radical (unpaired) electrons. The summed E-state index contributed by atoms with van der Waals surface area (Å²) in [5.74, 6) is -1.32. The number of aliphatic hydroxyl groups is 3. The number of carbonyl (C=O) groups excluding carboxylic acids is 2. The van der Waals surface area contributed by atoms with E-state index in [9.17, 15) is 24.9 Å². The van der Waals surface area contributed by atoms with Gasteiger partial charge in [0.2, 0.25) is 0 Å². The Balaban J connectivity index is 4.72. The van der Waals surface area contributed by atoms with Crippen molar-refractivity contribution in [1.29, 1.82) is 0 Å². The van der Waals surface area contributed by atoms with Gasteiger partial charge in [0.05, 0.1) is 12.7 Å². The molecule has 0 fully saturated rings. The normalized spacial score (nSPS) is 14.7. The SMILES string of the molecule is C=C(C[C@H](O)[C@@H](O)[C@@H](O)C(=O)N(CCC)CCC)C(=O)OCC. The van der Waals surface area contributed by atoms with E-state index in [0.717, 1.165) is 12.8 Å². The number of rotatable bonds is 11. The van der Waals surface area contributed by atoms with Crippen LogP contribution >= 0.6 is 0 Å². The van der Waals surface area contributed by atoms with Crippen LogP contribution in [-0.4, -0.2) is 70.1 Å². The van der Waals surface area contributed by atoms with Gasteiger partial charge in [-0.15, -0.1) is 0 Å². The van der Waals surface area contributed by atoms with E-state index >= 15 is 0 Å². The number of carbonyl (C=O) groups is 2. The molecule has 7 heteroatoms. The van der Waals surface area contributed by atoms with Gasteiger partial charge in [0.1, 0.15) is 6.10 Å². The Bertz CT molecular complexity index is 392. The van der Waals surface area contributed by atoms with Crippen LogP contribution in [0.3, 0.4) is 0 Å². The van der Waals surface area contributed by atoms with Crippen molar-refractivity contribution >= 4 is 11.9 Å². The molecule has 0 saturated heterocycles. The van der Waals surface area contributed by atoms with Gasteiger partial charge < -0.3 is 25.0 Å². The molecular weight excluding hydrogens is 302 g/mol. The molecule has 0 unspecified atom stereocenters. The maximum Gasteiger partial charge on any atom is 0.333 e. The fourth-order valence-corrected chi connectivity index (χ4v) is 2.11. The topological polar surface area (TPSA) is 107 Å². The van der Waals surface area contributed by atoms with Gasteiger partial charge in [0.15, 0.2) is 6.10 Å². The number of hydrogen-bond acceptors (Lipinski definition) is 6. The maximum atomic E-state index is 12.2. The average molecular weight is 331 g/mol. The summed E-state index contributed by atoms with van der Waals surface area (Å²) in [6.07, 6.45) is -3.79. The molecule has 0 aliphatic rings. The lowest BCUT2D eigenvalue weighted by molar-refractivity contribution is -0.151. The monoisotopic (exact) mass is 331 g/mol. The van der Waals surface area contributed by atoms with Crippen LogP contribution in [0.15, 0.2) is 12.2 Å². The highest BCUT2D eigenvalue weighted by Crippen LogP contribution is 2.13. The highest BCUT2D eigenvalue weighted by Gasteiger charge is 2.33. The average Bonchev–Trinajstić information content (AvgIpc) is 2.52. The van der Waals surface area contributed by atoms with Crippen LogP contribution in [0, 0.1) is 0 Å². The Hall–Kier alpha value is -1.44. The lowest BCUT2D eigenvalue weighted by atomic mass is 10.00. The summed E-state index contributed by atoms with van der Waals surface area (Å²) < 4.78 is 4.73. The zero-order valence-corrected chi connectivity index (χ0v) is 14.2. The first-order valence-corrected chi connectivity index (χ1v) is 7.97. The molecule has 0 aliphatic carbocycles. The summed E-state index contributed by atoms with van der Waals surface area (Å²) in [5.41, 5.74) is -0.0305. The summed E-state index contributed by atoms with van der Waals surface area (Å²) in [6, 6.07) is 0. The Morgan fingerprint density at radius 1 is 1.09 bits per heavy atom. The van der Waals surface area contributed by atoms with E-state index in [0.29, 0.717) is 13.1 Å². The van der Waals surface area contributed by atoms with Gasteiger partial charge in [-0.05, 0) is 19.8 Å². The Morgan fingerprint density at radius 3 is 2.04 bits per heavy atom.